The van der Waals surface area contributed by atoms with Crippen molar-refractivity contribution >= 4 is 37.3 Å². The fraction of sp³-hybridized carbons (Fsp3) is 0.143. The molecule has 0 fully saturated rings. The number of hydrogen-bond donors (Lipinski definition) is 2. The van der Waals surface area contributed by atoms with Crippen LogP contribution in [-0.4, -0.2) is 15.5 Å². The number of aryl methyl sites for hydroxylation is 1. The van der Waals surface area contributed by atoms with E-state index in [1.54, 1.807) is 24.3 Å². The maximum Gasteiger partial charge on any atom is 0.263 e. The van der Waals surface area contributed by atoms with Gasteiger partial charge in [-0.2, -0.15) is 0 Å². The van der Waals surface area contributed by atoms with Gasteiger partial charge in [-0.05, 0) is 42.8 Å². The number of nitrogens with one attached hydrogen (secondary N) is 1. The van der Waals surface area contributed by atoms with Gasteiger partial charge in [-0.3, -0.25) is 4.72 Å². The summed E-state index contributed by atoms with van der Waals surface area (Å²) in [5.74, 6) is 0.505. The van der Waals surface area contributed by atoms with Crippen molar-refractivity contribution in [2.45, 2.75) is 11.8 Å². The average molecular weight is 371 g/mol. The largest absolute Gasteiger partial charge is 0.497 e. The van der Waals surface area contributed by atoms with E-state index in [-0.39, 0.29) is 10.6 Å². The number of hydrogen-bond acceptors (Lipinski definition) is 4. The highest BCUT2D eigenvalue weighted by Gasteiger charge is 2.18. The molecule has 0 bridgehead atoms. The molecule has 0 aliphatic carbocycles. The molecule has 0 radical (unpaired) electrons. The minimum absolute atomic E-state index is 0.0175. The number of nitrogen functional groups attached to an aromatic ring is 1. The second-order valence-electron chi connectivity index (χ2n) is 4.47. The number of halogens is 1. The molecule has 0 amide bonds. The first-order valence-electron chi connectivity index (χ1n) is 6.06. The van der Waals surface area contributed by atoms with Gasteiger partial charge in [0.05, 0.1) is 12.8 Å². The van der Waals surface area contributed by atoms with Crippen LogP contribution in [0, 0.1) is 6.92 Å². The molecule has 0 heterocycles. The Bertz CT molecular complexity index is 776. The fourth-order valence-corrected chi connectivity index (χ4v) is 3.23. The zero-order chi connectivity index (χ0) is 15.6. The summed E-state index contributed by atoms with van der Waals surface area (Å²) < 4.78 is 33.2. The Morgan fingerprint density at radius 2 is 1.90 bits per heavy atom. The third-order valence-electron chi connectivity index (χ3n) is 2.92. The maximum absolute atomic E-state index is 12.4. The molecule has 7 heteroatoms. The standard InChI is InChI=1S/C14H15BrN2O3S/c1-9-7-10(3-5-12(9)15)17-21(18,19)14-6-4-11(20-2)8-13(14)16/h3-8,17H,16H2,1-2H3. The van der Waals surface area contributed by atoms with Crippen molar-refractivity contribution in [1.82, 2.24) is 0 Å². The number of sulfonamides is 1. The highest BCUT2D eigenvalue weighted by atomic mass is 79.9. The van der Waals surface area contributed by atoms with Gasteiger partial charge < -0.3 is 10.5 Å². The first-order valence-corrected chi connectivity index (χ1v) is 8.33. The number of nitrogens with two attached hydrogens (primary N) is 1. The van der Waals surface area contributed by atoms with Crippen molar-refractivity contribution in [2.24, 2.45) is 0 Å². The van der Waals surface area contributed by atoms with Crippen LogP contribution in [0.4, 0.5) is 11.4 Å². The molecule has 0 aliphatic heterocycles. The fourth-order valence-electron chi connectivity index (χ4n) is 1.82. The summed E-state index contributed by atoms with van der Waals surface area (Å²) in [4.78, 5) is 0.0175. The molecule has 0 atom stereocenters. The Kier molecular flexibility index (Phi) is 4.43. The summed E-state index contributed by atoms with van der Waals surface area (Å²) in [7, 11) is -2.25. The predicted molar refractivity (Wildman–Crippen MR) is 87.1 cm³/mol. The van der Waals surface area contributed by atoms with Crippen LogP contribution >= 0.6 is 15.9 Å². The number of rotatable bonds is 4. The van der Waals surface area contributed by atoms with E-state index in [9.17, 15) is 8.42 Å². The molecule has 2 rings (SSSR count). The van der Waals surface area contributed by atoms with E-state index in [2.05, 4.69) is 20.7 Å². The van der Waals surface area contributed by atoms with Gasteiger partial charge in [-0.15, -0.1) is 0 Å². The van der Waals surface area contributed by atoms with Gasteiger partial charge in [0.15, 0.2) is 0 Å². The Hall–Kier alpha value is -1.73. The van der Waals surface area contributed by atoms with E-state index in [4.69, 9.17) is 10.5 Å². The van der Waals surface area contributed by atoms with E-state index in [0.717, 1.165) is 10.0 Å². The SMILES string of the molecule is COc1ccc(S(=O)(=O)Nc2ccc(Br)c(C)c2)c(N)c1. The number of ether oxygens (including phenoxy) is 1. The van der Waals surface area contributed by atoms with Crippen molar-refractivity contribution in [3.8, 4) is 5.75 Å². The number of methoxy groups -OCH3 is 1. The van der Waals surface area contributed by atoms with Gasteiger partial charge in [0, 0.05) is 16.2 Å². The van der Waals surface area contributed by atoms with Crippen LogP contribution in [0.1, 0.15) is 5.56 Å². The summed E-state index contributed by atoms with van der Waals surface area (Å²) >= 11 is 3.37. The van der Waals surface area contributed by atoms with Gasteiger partial charge >= 0.3 is 0 Å². The van der Waals surface area contributed by atoms with Crippen LogP contribution in [0.15, 0.2) is 45.8 Å². The number of benzene rings is 2. The topological polar surface area (TPSA) is 81.4 Å². The maximum atomic E-state index is 12.4. The van der Waals surface area contributed by atoms with E-state index in [0.29, 0.717) is 11.4 Å². The molecule has 112 valence electrons. The van der Waals surface area contributed by atoms with Crippen molar-refractivity contribution in [3.05, 3.63) is 46.4 Å². The monoisotopic (exact) mass is 370 g/mol. The van der Waals surface area contributed by atoms with Crippen molar-refractivity contribution in [3.63, 3.8) is 0 Å². The second-order valence-corrected chi connectivity index (χ2v) is 6.98. The van der Waals surface area contributed by atoms with Gasteiger partial charge in [0.25, 0.3) is 10.0 Å². The molecule has 0 aromatic heterocycles. The lowest BCUT2D eigenvalue weighted by molar-refractivity contribution is 0.414. The third-order valence-corrected chi connectivity index (χ3v) is 5.26. The molecule has 2 aromatic carbocycles. The Labute approximate surface area is 132 Å². The summed E-state index contributed by atoms with van der Waals surface area (Å²) in [5.41, 5.74) is 7.33. The molecule has 2 aromatic rings. The quantitative estimate of drug-likeness (QED) is 0.809. The van der Waals surface area contributed by atoms with E-state index in [1.807, 2.05) is 6.92 Å². The molecule has 21 heavy (non-hydrogen) atoms. The van der Waals surface area contributed by atoms with Crippen molar-refractivity contribution < 1.29 is 13.2 Å². The van der Waals surface area contributed by atoms with Gasteiger partial charge in [0.1, 0.15) is 10.6 Å². The molecule has 0 spiro atoms. The van der Waals surface area contributed by atoms with Crippen molar-refractivity contribution in [1.29, 1.82) is 0 Å². The van der Waals surface area contributed by atoms with Crippen LogP contribution in [0.25, 0.3) is 0 Å². The van der Waals surface area contributed by atoms with Crippen LogP contribution in [0.5, 0.6) is 5.75 Å². The molecular formula is C14H15BrN2O3S. The first kappa shape index (κ1) is 15.7. The summed E-state index contributed by atoms with van der Waals surface area (Å²) in [6, 6.07) is 9.64. The van der Waals surface area contributed by atoms with Gasteiger partial charge in [-0.1, -0.05) is 15.9 Å². The molecule has 5 nitrogen and oxygen atoms in total. The molecular weight excluding hydrogens is 356 g/mol. The zero-order valence-corrected chi connectivity index (χ0v) is 14.0. The number of anilines is 2. The lowest BCUT2D eigenvalue weighted by Crippen LogP contribution is -2.15. The van der Waals surface area contributed by atoms with Gasteiger partial charge in [0.2, 0.25) is 0 Å². The first-order chi connectivity index (χ1) is 9.83. The predicted octanol–water partition coefficient (Wildman–Crippen LogP) is 3.15. The zero-order valence-electron chi connectivity index (χ0n) is 11.6. The van der Waals surface area contributed by atoms with Crippen LogP contribution in [0.2, 0.25) is 0 Å². The Balaban J connectivity index is 2.36. The highest BCUT2D eigenvalue weighted by Crippen LogP contribution is 2.27. The molecule has 3 N–H and O–H groups in total. The second kappa shape index (κ2) is 5.95. The molecule has 0 unspecified atom stereocenters. The van der Waals surface area contributed by atoms with E-state index < -0.39 is 10.0 Å². The summed E-state index contributed by atoms with van der Waals surface area (Å²) in [6.07, 6.45) is 0. The third kappa shape index (κ3) is 3.48. The molecule has 0 saturated heterocycles. The molecule has 0 saturated carbocycles. The van der Waals surface area contributed by atoms with Crippen LogP contribution < -0.4 is 15.2 Å². The van der Waals surface area contributed by atoms with E-state index >= 15 is 0 Å². The smallest absolute Gasteiger partial charge is 0.263 e. The Morgan fingerprint density at radius 1 is 1.19 bits per heavy atom. The van der Waals surface area contributed by atoms with E-state index in [1.165, 1.54) is 19.2 Å². The summed E-state index contributed by atoms with van der Waals surface area (Å²) in [6.45, 7) is 1.88. The normalized spacial score (nSPS) is 11.2. The molecule has 0 aliphatic rings. The van der Waals surface area contributed by atoms with Crippen LogP contribution in [-0.2, 0) is 10.0 Å². The summed E-state index contributed by atoms with van der Waals surface area (Å²) in [5, 5.41) is 0. The lowest BCUT2D eigenvalue weighted by atomic mass is 10.2. The lowest BCUT2D eigenvalue weighted by Gasteiger charge is -2.12. The minimum Gasteiger partial charge on any atom is -0.497 e. The van der Waals surface area contributed by atoms with Gasteiger partial charge in [-0.25, -0.2) is 8.42 Å². The minimum atomic E-state index is -3.74. The van der Waals surface area contributed by atoms with Crippen molar-refractivity contribution in [2.75, 3.05) is 17.6 Å². The Morgan fingerprint density at radius 3 is 2.48 bits per heavy atom. The van der Waals surface area contributed by atoms with Crippen LogP contribution in [0.3, 0.4) is 0 Å². The average Bonchev–Trinajstić information content (AvgIpc) is 2.42. The highest BCUT2D eigenvalue weighted by molar-refractivity contribution is 9.10.